The molecule has 3 rings (SSSR count). The van der Waals surface area contributed by atoms with Gasteiger partial charge >= 0.3 is 12.0 Å². The first-order valence-electron chi connectivity index (χ1n) is 12.5. The Morgan fingerprint density at radius 2 is 1.63 bits per heavy atom. The molecule has 2 N–H and O–H groups in total. The molecule has 202 valence electrons. The van der Waals surface area contributed by atoms with Crippen LogP contribution in [0.3, 0.4) is 0 Å². The second-order valence-electron chi connectivity index (χ2n) is 9.59. The predicted molar refractivity (Wildman–Crippen MR) is 153 cm³/mol. The third-order valence-electron chi connectivity index (χ3n) is 5.38. The highest BCUT2D eigenvalue weighted by Gasteiger charge is 2.17. The molecule has 0 saturated carbocycles. The minimum atomic E-state index is -0.299. The molecule has 0 fully saturated rings. The van der Waals surface area contributed by atoms with Crippen molar-refractivity contribution in [2.24, 2.45) is 0 Å². The summed E-state index contributed by atoms with van der Waals surface area (Å²) in [7, 11) is 1.57. The van der Waals surface area contributed by atoms with Crippen LogP contribution >= 0.6 is 11.8 Å². The number of hydrogen-bond donors (Lipinski definition) is 2. The third-order valence-corrected chi connectivity index (χ3v) is 6.70. The van der Waals surface area contributed by atoms with Gasteiger partial charge in [-0.25, -0.2) is 4.79 Å². The highest BCUT2D eigenvalue weighted by atomic mass is 32.2. The Balaban J connectivity index is 1.80. The van der Waals surface area contributed by atoms with E-state index >= 15 is 0 Å². The predicted octanol–water partition coefficient (Wildman–Crippen LogP) is 6.95. The summed E-state index contributed by atoms with van der Waals surface area (Å²) >= 11 is 1.77. The van der Waals surface area contributed by atoms with E-state index in [4.69, 9.17) is 14.2 Å². The summed E-state index contributed by atoms with van der Waals surface area (Å²) in [5.41, 5.74) is 3.37. The van der Waals surface area contributed by atoms with E-state index in [2.05, 4.69) is 31.4 Å². The number of ether oxygens (including phenoxy) is 3. The zero-order valence-corrected chi connectivity index (χ0v) is 23.4. The van der Waals surface area contributed by atoms with Crippen LogP contribution in [0.15, 0.2) is 66.7 Å². The molecule has 0 heterocycles. The fourth-order valence-electron chi connectivity index (χ4n) is 3.53. The fourth-order valence-corrected chi connectivity index (χ4v) is 4.34. The molecule has 2 amide bonds. The second kappa shape index (κ2) is 13.8. The molecule has 7 nitrogen and oxygen atoms in total. The number of urea groups is 1. The minimum absolute atomic E-state index is 0.0327. The summed E-state index contributed by atoms with van der Waals surface area (Å²) in [4.78, 5) is 24.5. The lowest BCUT2D eigenvalue weighted by Gasteiger charge is -2.20. The van der Waals surface area contributed by atoms with Crippen LogP contribution in [0.25, 0.3) is 0 Å². The highest BCUT2D eigenvalue weighted by Crippen LogP contribution is 2.38. The zero-order valence-electron chi connectivity index (χ0n) is 22.6. The molecule has 0 aromatic heterocycles. The Kier molecular flexibility index (Phi) is 10.5. The van der Waals surface area contributed by atoms with Crippen LogP contribution in [0.1, 0.15) is 44.4 Å². The molecule has 0 unspecified atom stereocenters. The fraction of sp³-hybridized carbons (Fsp3) is 0.333. The van der Waals surface area contributed by atoms with Crippen molar-refractivity contribution in [3.8, 4) is 17.2 Å². The lowest BCUT2D eigenvalue weighted by molar-refractivity contribution is -0.142. The first-order valence-corrected chi connectivity index (χ1v) is 13.5. The lowest BCUT2D eigenvalue weighted by Crippen LogP contribution is -2.28. The summed E-state index contributed by atoms with van der Waals surface area (Å²) in [6.07, 6.45) is 0.141. The molecule has 0 radical (unpaired) electrons. The van der Waals surface area contributed by atoms with Crippen molar-refractivity contribution in [2.75, 3.05) is 19.0 Å². The van der Waals surface area contributed by atoms with Crippen LogP contribution in [0.5, 0.6) is 17.2 Å². The van der Waals surface area contributed by atoms with Crippen molar-refractivity contribution >= 4 is 29.4 Å². The lowest BCUT2D eigenvalue weighted by atomic mass is 10.1. The van der Waals surface area contributed by atoms with Gasteiger partial charge in [0.05, 0.1) is 20.1 Å². The topological polar surface area (TPSA) is 85.9 Å². The minimum Gasteiger partial charge on any atom is -0.493 e. The Bertz CT molecular complexity index is 1230. The molecular formula is C30H36N2O5S. The quantitative estimate of drug-likeness (QED) is 0.258. The van der Waals surface area contributed by atoms with Crippen molar-refractivity contribution in [1.82, 2.24) is 5.32 Å². The standard InChI is InChI=1S/C30H36N2O5S/c1-6-36-28(33)17-22-12-14-26(35-5)27(16-22)37-25-15-13-24(18-23(25)20-38-30(2,3)4)32-29(34)31-19-21-10-8-7-9-11-21/h7-16,18H,6,17,19-20H2,1-5H3,(H2,31,32,34). The summed E-state index contributed by atoms with van der Waals surface area (Å²) in [6.45, 7) is 9.00. The van der Waals surface area contributed by atoms with Crippen molar-refractivity contribution < 1.29 is 23.8 Å². The monoisotopic (exact) mass is 536 g/mol. The number of carbonyl (C=O) groups is 2. The molecule has 3 aromatic carbocycles. The molecule has 0 bridgehead atoms. The van der Waals surface area contributed by atoms with E-state index in [-0.39, 0.29) is 23.2 Å². The Morgan fingerprint density at radius 3 is 2.32 bits per heavy atom. The van der Waals surface area contributed by atoms with Gasteiger partial charge in [-0.05, 0) is 48.4 Å². The molecule has 38 heavy (non-hydrogen) atoms. The van der Waals surface area contributed by atoms with E-state index in [1.807, 2.05) is 48.5 Å². The maximum atomic E-state index is 12.5. The Morgan fingerprint density at radius 1 is 0.895 bits per heavy atom. The van der Waals surface area contributed by atoms with Crippen LogP contribution in [0, 0.1) is 0 Å². The second-order valence-corrected chi connectivity index (χ2v) is 11.4. The van der Waals surface area contributed by atoms with Gasteiger partial charge in [-0.15, -0.1) is 0 Å². The summed E-state index contributed by atoms with van der Waals surface area (Å²) in [5.74, 6) is 2.06. The van der Waals surface area contributed by atoms with E-state index in [1.165, 1.54) is 0 Å². The number of methoxy groups -OCH3 is 1. The molecule has 3 aromatic rings. The number of thioether (sulfide) groups is 1. The highest BCUT2D eigenvalue weighted by molar-refractivity contribution is 7.99. The number of benzene rings is 3. The zero-order chi connectivity index (χ0) is 27.5. The van der Waals surface area contributed by atoms with Crippen LogP contribution in [0.4, 0.5) is 10.5 Å². The van der Waals surface area contributed by atoms with E-state index in [0.29, 0.717) is 41.8 Å². The van der Waals surface area contributed by atoms with Crippen LogP contribution in [0.2, 0.25) is 0 Å². The van der Waals surface area contributed by atoms with Crippen molar-refractivity contribution in [3.63, 3.8) is 0 Å². The van der Waals surface area contributed by atoms with Gasteiger partial charge in [0.2, 0.25) is 0 Å². The van der Waals surface area contributed by atoms with Gasteiger partial charge in [-0.3, -0.25) is 4.79 Å². The molecule has 0 spiro atoms. The average molecular weight is 537 g/mol. The van der Waals surface area contributed by atoms with Crippen molar-refractivity contribution in [1.29, 1.82) is 0 Å². The smallest absolute Gasteiger partial charge is 0.319 e. The summed E-state index contributed by atoms with van der Waals surface area (Å²) in [5, 5.41) is 5.80. The molecule has 0 saturated heterocycles. The van der Waals surface area contributed by atoms with Gasteiger partial charge in [0.25, 0.3) is 0 Å². The number of esters is 1. The van der Waals surface area contributed by atoms with Crippen molar-refractivity contribution in [3.05, 3.63) is 83.4 Å². The van der Waals surface area contributed by atoms with Gasteiger partial charge in [-0.1, -0.05) is 57.2 Å². The van der Waals surface area contributed by atoms with Crippen molar-refractivity contribution in [2.45, 2.75) is 51.2 Å². The van der Waals surface area contributed by atoms with Gasteiger partial charge in [0.15, 0.2) is 11.5 Å². The van der Waals surface area contributed by atoms with Crippen LogP contribution in [-0.2, 0) is 28.2 Å². The normalized spacial score (nSPS) is 11.0. The number of rotatable bonds is 11. The van der Waals surface area contributed by atoms with E-state index in [9.17, 15) is 9.59 Å². The number of amides is 2. The molecule has 0 aliphatic heterocycles. The van der Waals surface area contributed by atoms with E-state index < -0.39 is 0 Å². The summed E-state index contributed by atoms with van der Waals surface area (Å²) < 4.78 is 16.9. The number of nitrogens with one attached hydrogen (secondary N) is 2. The van der Waals surface area contributed by atoms with Gasteiger partial charge in [0.1, 0.15) is 5.75 Å². The van der Waals surface area contributed by atoms with Crippen LogP contribution < -0.4 is 20.1 Å². The van der Waals surface area contributed by atoms with E-state index in [1.54, 1.807) is 44.0 Å². The SMILES string of the molecule is CCOC(=O)Cc1ccc(OC)c(Oc2ccc(NC(=O)NCc3ccccc3)cc2CSC(C)(C)C)c1. The van der Waals surface area contributed by atoms with Gasteiger partial charge in [0, 0.05) is 28.3 Å². The van der Waals surface area contributed by atoms with Gasteiger partial charge < -0.3 is 24.8 Å². The maximum Gasteiger partial charge on any atom is 0.319 e. The number of anilines is 1. The Labute approximate surface area is 229 Å². The first-order chi connectivity index (χ1) is 18.2. The third kappa shape index (κ3) is 9.34. The largest absolute Gasteiger partial charge is 0.493 e. The molecule has 0 aliphatic carbocycles. The maximum absolute atomic E-state index is 12.5. The van der Waals surface area contributed by atoms with Crippen LogP contribution in [-0.4, -0.2) is 30.5 Å². The number of carbonyl (C=O) groups excluding carboxylic acids is 2. The Hall–Kier alpha value is -3.65. The van der Waals surface area contributed by atoms with Gasteiger partial charge in [-0.2, -0.15) is 11.8 Å². The van der Waals surface area contributed by atoms with E-state index in [0.717, 1.165) is 16.7 Å². The first kappa shape index (κ1) is 28.9. The molecule has 0 atom stereocenters. The molecular weight excluding hydrogens is 500 g/mol. The molecule has 8 heteroatoms. The molecule has 0 aliphatic rings. The number of hydrogen-bond acceptors (Lipinski definition) is 6. The summed E-state index contributed by atoms with van der Waals surface area (Å²) in [6, 6.07) is 20.4. The average Bonchev–Trinajstić information content (AvgIpc) is 2.88.